The summed E-state index contributed by atoms with van der Waals surface area (Å²) >= 11 is 0. The molecule has 1 atom stereocenters. The smallest absolute Gasteiger partial charge is 0.226 e. The SMILES string of the molecule is CCN(CC)C(=O)C1CCCN(C2(n3nnc4ccccc43)CCC(C(C)(C)C)CC2)C1. The Morgan fingerprint density at radius 3 is 2.47 bits per heavy atom. The van der Waals surface area contributed by atoms with E-state index in [4.69, 9.17) is 5.21 Å². The minimum Gasteiger partial charge on any atom is -0.343 e. The molecule has 6 heteroatoms. The second kappa shape index (κ2) is 9.12. The number of piperidine rings is 1. The number of amides is 1. The van der Waals surface area contributed by atoms with Crippen molar-refractivity contribution in [3.8, 4) is 0 Å². The molecular weight excluding hydrogens is 398 g/mol. The van der Waals surface area contributed by atoms with Crippen molar-refractivity contribution in [2.45, 2.75) is 78.8 Å². The number of hydrogen-bond donors (Lipinski definition) is 0. The Kier molecular flexibility index (Phi) is 6.62. The molecule has 4 rings (SSSR count). The standard InChI is InChI=1S/C26H41N5O/c1-6-29(7-2)24(32)20-11-10-18-30(19-20)26(16-14-21(15-17-26)25(3,4)5)31-23-13-9-8-12-22(23)27-28-31/h8-9,12-13,20-21H,6-7,10-11,14-19H2,1-5H3. The topological polar surface area (TPSA) is 54.3 Å². The van der Waals surface area contributed by atoms with Gasteiger partial charge in [0.2, 0.25) is 5.91 Å². The Bertz CT molecular complexity index is 918. The van der Waals surface area contributed by atoms with Gasteiger partial charge in [0, 0.05) is 26.2 Å². The highest BCUT2D eigenvalue weighted by atomic mass is 16.2. The van der Waals surface area contributed by atoms with Gasteiger partial charge in [0.15, 0.2) is 0 Å². The van der Waals surface area contributed by atoms with Crippen molar-refractivity contribution >= 4 is 16.9 Å². The maximum atomic E-state index is 13.2. The van der Waals surface area contributed by atoms with E-state index in [0.717, 1.165) is 62.9 Å². The molecule has 1 aromatic heterocycles. The second-order valence-electron chi connectivity index (χ2n) is 10.9. The zero-order valence-corrected chi connectivity index (χ0v) is 20.7. The van der Waals surface area contributed by atoms with E-state index in [-0.39, 0.29) is 11.6 Å². The van der Waals surface area contributed by atoms with E-state index in [0.29, 0.717) is 17.2 Å². The summed E-state index contributed by atoms with van der Waals surface area (Å²) in [4.78, 5) is 17.8. The van der Waals surface area contributed by atoms with Crippen LogP contribution in [0.4, 0.5) is 0 Å². The number of carbonyl (C=O) groups is 1. The summed E-state index contributed by atoms with van der Waals surface area (Å²) in [5, 5.41) is 9.24. The van der Waals surface area contributed by atoms with Crippen LogP contribution in [-0.4, -0.2) is 56.9 Å². The lowest BCUT2D eigenvalue weighted by Crippen LogP contribution is -2.58. The van der Waals surface area contributed by atoms with Crippen LogP contribution in [0, 0.1) is 17.3 Å². The molecule has 0 bridgehead atoms. The molecule has 2 aliphatic rings. The summed E-state index contributed by atoms with van der Waals surface area (Å²) in [6.07, 6.45) is 6.55. The Hall–Kier alpha value is -1.95. The molecule has 0 spiro atoms. The van der Waals surface area contributed by atoms with Crippen LogP contribution < -0.4 is 0 Å². The molecule has 0 N–H and O–H groups in total. The summed E-state index contributed by atoms with van der Waals surface area (Å²) in [5.74, 6) is 1.11. The van der Waals surface area contributed by atoms with Crippen LogP contribution in [0.1, 0.15) is 73.1 Å². The second-order valence-corrected chi connectivity index (χ2v) is 10.9. The van der Waals surface area contributed by atoms with Gasteiger partial charge in [0.1, 0.15) is 11.2 Å². The number of likely N-dealkylation sites (tertiary alicyclic amines) is 1. The van der Waals surface area contributed by atoms with Crippen LogP contribution in [0.15, 0.2) is 24.3 Å². The third-order valence-corrected chi connectivity index (χ3v) is 8.19. The number of fused-ring (bicyclic) bond motifs is 1. The molecule has 1 amide bonds. The molecule has 2 heterocycles. The molecule has 1 saturated heterocycles. The highest BCUT2D eigenvalue weighted by Crippen LogP contribution is 2.47. The average molecular weight is 440 g/mol. The first kappa shape index (κ1) is 23.2. The summed E-state index contributed by atoms with van der Waals surface area (Å²) in [5.41, 5.74) is 2.19. The third kappa shape index (κ3) is 4.18. The molecule has 6 nitrogen and oxygen atoms in total. The summed E-state index contributed by atoms with van der Waals surface area (Å²) < 4.78 is 2.21. The van der Waals surface area contributed by atoms with Gasteiger partial charge in [-0.3, -0.25) is 9.69 Å². The van der Waals surface area contributed by atoms with Gasteiger partial charge in [0.05, 0.1) is 11.4 Å². The highest BCUT2D eigenvalue weighted by Gasteiger charge is 2.47. The van der Waals surface area contributed by atoms with Gasteiger partial charge in [-0.05, 0) is 75.8 Å². The lowest BCUT2D eigenvalue weighted by molar-refractivity contribution is -0.140. The maximum absolute atomic E-state index is 13.2. The highest BCUT2D eigenvalue weighted by molar-refractivity contribution is 5.79. The fraction of sp³-hybridized carbons (Fsp3) is 0.731. The van der Waals surface area contributed by atoms with Gasteiger partial charge in [-0.15, -0.1) is 5.10 Å². The molecule has 32 heavy (non-hydrogen) atoms. The third-order valence-electron chi connectivity index (χ3n) is 8.19. The molecule has 1 aliphatic heterocycles. The van der Waals surface area contributed by atoms with Crippen LogP contribution in [0.25, 0.3) is 11.0 Å². The van der Waals surface area contributed by atoms with Crippen LogP contribution in [0.2, 0.25) is 0 Å². The molecule has 1 aliphatic carbocycles. The van der Waals surface area contributed by atoms with Crippen molar-refractivity contribution in [1.29, 1.82) is 0 Å². The quantitative estimate of drug-likeness (QED) is 0.665. The van der Waals surface area contributed by atoms with Crippen LogP contribution in [0.3, 0.4) is 0 Å². The molecule has 176 valence electrons. The van der Waals surface area contributed by atoms with Gasteiger partial charge in [-0.2, -0.15) is 0 Å². The minimum atomic E-state index is -0.194. The first-order chi connectivity index (χ1) is 15.3. The predicted molar refractivity (Wildman–Crippen MR) is 129 cm³/mol. The monoisotopic (exact) mass is 439 g/mol. The first-order valence-electron chi connectivity index (χ1n) is 12.6. The number of benzene rings is 1. The molecule has 1 aromatic carbocycles. The molecule has 0 radical (unpaired) electrons. The summed E-state index contributed by atoms with van der Waals surface area (Å²) in [6.45, 7) is 14.7. The molecule has 2 fully saturated rings. The Labute approximate surface area is 193 Å². The van der Waals surface area contributed by atoms with Gasteiger partial charge < -0.3 is 4.90 Å². The van der Waals surface area contributed by atoms with Crippen molar-refractivity contribution in [3.05, 3.63) is 24.3 Å². The van der Waals surface area contributed by atoms with Crippen LogP contribution >= 0.6 is 0 Å². The number of carbonyl (C=O) groups excluding carboxylic acids is 1. The normalized spacial score (nSPS) is 27.5. The van der Waals surface area contributed by atoms with E-state index < -0.39 is 0 Å². The zero-order valence-electron chi connectivity index (χ0n) is 20.7. The van der Waals surface area contributed by atoms with E-state index in [1.54, 1.807) is 0 Å². The van der Waals surface area contributed by atoms with Crippen LogP contribution in [-0.2, 0) is 10.5 Å². The number of hydrogen-bond acceptors (Lipinski definition) is 4. The van der Waals surface area contributed by atoms with Gasteiger partial charge in [-0.1, -0.05) is 38.1 Å². The first-order valence-corrected chi connectivity index (χ1v) is 12.6. The van der Waals surface area contributed by atoms with E-state index in [1.165, 1.54) is 12.8 Å². The zero-order chi connectivity index (χ0) is 22.9. The van der Waals surface area contributed by atoms with E-state index in [1.807, 2.05) is 11.0 Å². The number of rotatable bonds is 5. The number of aromatic nitrogens is 3. The fourth-order valence-electron chi connectivity index (χ4n) is 6.13. The minimum absolute atomic E-state index is 0.0793. The summed E-state index contributed by atoms with van der Waals surface area (Å²) in [7, 11) is 0. The van der Waals surface area contributed by atoms with Crippen molar-refractivity contribution in [1.82, 2.24) is 24.8 Å². The lowest BCUT2D eigenvalue weighted by Gasteiger charge is -2.52. The Morgan fingerprint density at radius 2 is 1.81 bits per heavy atom. The fourth-order valence-corrected chi connectivity index (χ4v) is 6.13. The molecule has 2 aromatic rings. The van der Waals surface area contributed by atoms with E-state index in [2.05, 4.69) is 67.5 Å². The lowest BCUT2D eigenvalue weighted by atomic mass is 9.69. The molecule has 1 saturated carbocycles. The number of nitrogens with zero attached hydrogens (tertiary/aromatic N) is 5. The van der Waals surface area contributed by atoms with E-state index >= 15 is 0 Å². The van der Waals surface area contributed by atoms with Gasteiger partial charge in [-0.25, -0.2) is 4.68 Å². The molecule has 1 unspecified atom stereocenters. The average Bonchev–Trinajstić information content (AvgIpc) is 3.24. The van der Waals surface area contributed by atoms with Crippen molar-refractivity contribution < 1.29 is 4.79 Å². The number of para-hydroxylation sites is 1. The maximum Gasteiger partial charge on any atom is 0.226 e. The van der Waals surface area contributed by atoms with Crippen molar-refractivity contribution in [2.75, 3.05) is 26.2 Å². The largest absolute Gasteiger partial charge is 0.343 e. The van der Waals surface area contributed by atoms with Crippen LogP contribution in [0.5, 0.6) is 0 Å². The van der Waals surface area contributed by atoms with Gasteiger partial charge in [0.25, 0.3) is 0 Å². The van der Waals surface area contributed by atoms with Crippen molar-refractivity contribution in [2.24, 2.45) is 17.3 Å². The van der Waals surface area contributed by atoms with E-state index in [9.17, 15) is 4.79 Å². The Balaban J connectivity index is 1.68. The summed E-state index contributed by atoms with van der Waals surface area (Å²) in [6, 6.07) is 8.31. The molecular formula is C26H41N5O. The van der Waals surface area contributed by atoms with Crippen molar-refractivity contribution in [3.63, 3.8) is 0 Å². The Morgan fingerprint density at radius 1 is 1.12 bits per heavy atom. The van der Waals surface area contributed by atoms with Gasteiger partial charge >= 0.3 is 0 Å². The predicted octanol–water partition coefficient (Wildman–Crippen LogP) is 4.90.